The molecule has 3 nitrogen and oxygen atoms in total. The number of hydrogen-bond acceptors (Lipinski definition) is 3. The third-order valence-corrected chi connectivity index (χ3v) is 0. The molecule has 0 spiro atoms. The maximum atomic E-state index is 8.52. The zero-order chi connectivity index (χ0) is 3.58. The molecule has 5 heavy (non-hydrogen) atoms. The SMILES string of the molecule is O=[Si]([O-])[O-].[Fe+2]. The Morgan fingerprint density at radius 2 is 1.40 bits per heavy atom. The summed E-state index contributed by atoms with van der Waals surface area (Å²) in [7, 11) is -3.63. The molecule has 0 aromatic carbocycles. The largest absolute Gasteiger partial charge is 2.00 e. The van der Waals surface area contributed by atoms with Gasteiger partial charge in [0.1, 0.15) is 0 Å². The van der Waals surface area contributed by atoms with Crippen LogP contribution < -0.4 is 9.59 Å². The van der Waals surface area contributed by atoms with Gasteiger partial charge >= 0.3 is 17.1 Å². The molecule has 0 aliphatic carbocycles. The molecule has 0 saturated heterocycles. The van der Waals surface area contributed by atoms with E-state index in [0.29, 0.717) is 0 Å². The molecule has 0 atom stereocenters. The molecule has 0 unspecified atom stereocenters. The Morgan fingerprint density at radius 1 is 1.40 bits per heavy atom. The molecule has 0 aliphatic heterocycles. The van der Waals surface area contributed by atoms with Crippen molar-refractivity contribution in [3.05, 3.63) is 0 Å². The molecule has 0 rings (SSSR count). The van der Waals surface area contributed by atoms with E-state index in [1.807, 2.05) is 0 Å². The number of rotatable bonds is 0. The van der Waals surface area contributed by atoms with Crippen LogP contribution in [0.1, 0.15) is 0 Å². The van der Waals surface area contributed by atoms with Gasteiger partial charge in [-0.2, -0.15) is 0 Å². The summed E-state index contributed by atoms with van der Waals surface area (Å²) < 4.78 is 8.52. The van der Waals surface area contributed by atoms with Crippen molar-refractivity contribution >= 4 is 9.17 Å². The third kappa shape index (κ3) is 1020. The summed E-state index contributed by atoms with van der Waals surface area (Å²) in [6, 6.07) is 0. The van der Waals surface area contributed by atoms with Crippen molar-refractivity contribution in [3.63, 3.8) is 0 Å². The summed E-state index contributed by atoms with van der Waals surface area (Å²) in [6.07, 6.45) is 0. The minimum absolute atomic E-state index is 0. The van der Waals surface area contributed by atoms with E-state index in [1.54, 1.807) is 0 Å². The molecule has 0 aromatic heterocycles. The maximum Gasteiger partial charge on any atom is 2.00 e. The van der Waals surface area contributed by atoms with E-state index in [4.69, 9.17) is 14.1 Å². The number of hydrogen-bond donors (Lipinski definition) is 0. The molecule has 0 heterocycles. The third-order valence-electron chi connectivity index (χ3n) is 0. The van der Waals surface area contributed by atoms with E-state index >= 15 is 0 Å². The quantitative estimate of drug-likeness (QED) is 0.332. The van der Waals surface area contributed by atoms with E-state index in [1.165, 1.54) is 0 Å². The van der Waals surface area contributed by atoms with Crippen molar-refractivity contribution in [2.24, 2.45) is 0 Å². The predicted octanol–water partition coefficient (Wildman–Crippen LogP) is -2.88. The molecule has 0 fully saturated rings. The predicted molar refractivity (Wildman–Crippen MR) is 6.44 cm³/mol. The first-order valence-electron chi connectivity index (χ1n) is 0.612. The first-order chi connectivity index (χ1) is 1.73. The second-order valence-corrected chi connectivity index (χ2v) is 0.750. The van der Waals surface area contributed by atoms with Crippen LogP contribution in [0.5, 0.6) is 0 Å². The summed E-state index contributed by atoms with van der Waals surface area (Å²) >= 11 is 0. The van der Waals surface area contributed by atoms with Gasteiger partial charge in [0, 0.05) is 9.17 Å². The summed E-state index contributed by atoms with van der Waals surface area (Å²) in [6.45, 7) is 0. The molecule has 0 N–H and O–H groups in total. The van der Waals surface area contributed by atoms with Gasteiger partial charge in [-0.05, 0) is 0 Å². The van der Waals surface area contributed by atoms with Gasteiger partial charge in [-0.1, -0.05) is 0 Å². The molecule has 0 aliphatic rings. The average Bonchev–Trinajstić information content (AvgIpc) is 0.811. The van der Waals surface area contributed by atoms with Gasteiger partial charge in [0.2, 0.25) is 0 Å². The minimum Gasteiger partial charge on any atom is -0.672 e. The molecule has 0 aromatic rings. The molecule has 5 heteroatoms. The molecule has 30 valence electrons. The Bertz CT molecular complexity index is 29.9. The Balaban J connectivity index is 0. The van der Waals surface area contributed by atoms with E-state index < -0.39 is 9.17 Å². The Labute approximate surface area is 41.0 Å². The minimum atomic E-state index is -3.63. The average molecular weight is 132 g/mol. The van der Waals surface area contributed by atoms with Crippen LogP contribution in [0.25, 0.3) is 0 Å². The fourth-order valence-electron chi connectivity index (χ4n) is 0. The normalized spacial score (nSPS) is 4.80. The van der Waals surface area contributed by atoms with Crippen molar-refractivity contribution in [2.75, 3.05) is 0 Å². The Kier molecular flexibility index (Phi) is 7.39. The van der Waals surface area contributed by atoms with Gasteiger partial charge in [0.05, 0.1) is 0 Å². The summed E-state index contributed by atoms with van der Waals surface area (Å²) in [5.41, 5.74) is 0. The Hall–Kier alpha value is 0.136. The smallest absolute Gasteiger partial charge is 0.672 e. The molecule has 0 radical (unpaired) electrons. The van der Waals surface area contributed by atoms with Crippen LogP contribution in [0, 0.1) is 0 Å². The van der Waals surface area contributed by atoms with Crippen molar-refractivity contribution in [2.45, 2.75) is 0 Å². The first kappa shape index (κ1) is 8.93. The van der Waals surface area contributed by atoms with E-state index in [0.717, 1.165) is 0 Å². The fraction of sp³-hybridized carbons (Fsp3) is 0. The van der Waals surface area contributed by atoms with E-state index in [-0.39, 0.29) is 17.1 Å². The summed E-state index contributed by atoms with van der Waals surface area (Å²) in [4.78, 5) is 17.0. The van der Waals surface area contributed by atoms with Crippen LogP contribution in [0.15, 0.2) is 0 Å². The van der Waals surface area contributed by atoms with Crippen molar-refractivity contribution < 1.29 is 31.1 Å². The van der Waals surface area contributed by atoms with Crippen LogP contribution in [0.4, 0.5) is 0 Å². The van der Waals surface area contributed by atoms with E-state index in [2.05, 4.69) is 0 Å². The van der Waals surface area contributed by atoms with E-state index in [9.17, 15) is 0 Å². The monoisotopic (exact) mass is 132 g/mol. The molecular weight excluding hydrogens is 132 g/mol. The van der Waals surface area contributed by atoms with Crippen LogP contribution in [0.2, 0.25) is 0 Å². The van der Waals surface area contributed by atoms with Gasteiger partial charge in [-0.25, -0.2) is 0 Å². The van der Waals surface area contributed by atoms with Crippen molar-refractivity contribution in [1.29, 1.82) is 0 Å². The molecule has 0 saturated carbocycles. The Morgan fingerprint density at radius 3 is 1.40 bits per heavy atom. The van der Waals surface area contributed by atoms with Crippen LogP contribution in [-0.2, 0) is 21.5 Å². The standard InChI is InChI=1S/Fe.O3Si/c;1-4(2)3/q+2;-2. The second kappa shape index (κ2) is 4.14. The molecule has 0 bridgehead atoms. The van der Waals surface area contributed by atoms with Gasteiger partial charge < -0.3 is 14.1 Å². The zero-order valence-corrected chi connectivity index (χ0v) is 4.18. The van der Waals surface area contributed by atoms with Gasteiger partial charge in [-0.3, -0.25) is 0 Å². The van der Waals surface area contributed by atoms with Gasteiger partial charge in [-0.15, -0.1) is 0 Å². The van der Waals surface area contributed by atoms with Crippen molar-refractivity contribution in [3.8, 4) is 0 Å². The van der Waals surface area contributed by atoms with Gasteiger partial charge in [0.15, 0.2) is 0 Å². The summed E-state index contributed by atoms with van der Waals surface area (Å²) in [5.74, 6) is 0. The zero-order valence-electron chi connectivity index (χ0n) is 2.08. The molecule has 0 amide bonds. The fourth-order valence-corrected chi connectivity index (χ4v) is 0. The topological polar surface area (TPSA) is 63.2 Å². The van der Waals surface area contributed by atoms with Gasteiger partial charge in [0.25, 0.3) is 0 Å². The summed E-state index contributed by atoms with van der Waals surface area (Å²) in [5, 5.41) is 0. The second-order valence-electron chi connectivity index (χ2n) is 0.250. The van der Waals surface area contributed by atoms with Crippen molar-refractivity contribution in [1.82, 2.24) is 0 Å². The first-order valence-corrected chi connectivity index (χ1v) is 1.84. The molecular formula is FeO3Si. The maximum absolute atomic E-state index is 8.52. The van der Waals surface area contributed by atoms with Crippen LogP contribution in [0.3, 0.4) is 0 Å². The van der Waals surface area contributed by atoms with Crippen LogP contribution >= 0.6 is 0 Å². The van der Waals surface area contributed by atoms with Crippen LogP contribution in [-0.4, -0.2) is 9.17 Å².